The number of hydrogen-bond acceptors (Lipinski definition) is 6. The molecule has 19 heavy (non-hydrogen) atoms. The van der Waals surface area contributed by atoms with Gasteiger partial charge in [-0.3, -0.25) is 4.79 Å². The van der Waals surface area contributed by atoms with Crippen molar-refractivity contribution < 1.29 is 23.8 Å². The van der Waals surface area contributed by atoms with E-state index in [9.17, 15) is 9.59 Å². The third kappa shape index (κ3) is 2.35. The lowest BCUT2D eigenvalue weighted by atomic mass is 10.2. The molecule has 0 aliphatic carbocycles. The summed E-state index contributed by atoms with van der Waals surface area (Å²) in [7, 11) is 0. The van der Waals surface area contributed by atoms with Crippen LogP contribution in [0.4, 0.5) is 0 Å². The van der Waals surface area contributed by atoms with Gasteiger partial charge in [0.2, 0.25) is 12.7 Å². The van der Waals surface area contributed by atoms with Gasteiger partial charge in [0.1, 0.15) is 11.5 Å². The lowest BCUT2D eigenvalue weighted by molar-refractivity contribution is -0.127. The maximum atomic E-state index is 11.8. The van der Waals surface area contributed by atoms with Crippen LogP contribution in [0.25, 0.3) is 0 Å². The maximum Gasteiger partial charge on any atom is 0.359 e. The summed E-state index contributed by atoms with van der Waals surface area (Å²) in [5.41, 5.74) is 2.44. The molecule has 3 rings (SSSR count). The lowest BCUT2D eigenvalue weighted by Crippen LogP contribution is -2.31. The van der Waals surface area contributed by atoms with E-state index < -0.39 is 5.97 Å². The predicted octanol–water partition coefficient (Wildman–Crippen LogP) is 0.587. The Morgan fingerprint density at radius 1 is 1.26 bits per heavy atom. The Kier molecular flexibility index (Phi) is 2.79. The van der Waals surface area contributed by atoms with Crippen LogP contribution in [0.5, 0.6) is 17.2 Å². The molecule has 2 aliphatic rings. The van der Waals surface area contributed by atoms with E-state index in [-0.39, 0.29) is 31.3 Å². The van der Waals surface area contributed by atoms with Gasteiger partial charge in [0.05, 0.1) is 0 Å². The average molecular weight is 262 g/mol. The molecule has 0 fully saturated rings. The van der Waals surface area contributed by atoms with Gasteiger partial charge in [-0.2, -0.15) is 5.10 Å². The summed E-state index contributed by atoms with van der Waals surface area (Å²) in [6.07, 6.45) is 0.504. The number of carbonyl (C=O) groups is 2. The second-order valence-corrected chi connectivity index (χ2v) is 4.00. The normalized spacial score (nSPS) is 16.6. The molecule has 7 nitrogen and oxygen atoms in total. The molecule has 1 aromatic carbocycles. The van der Waals surface area contributed by atoms with E-state index in [4.69, 9.17) is 14.2 Å². The zero-order valence-corrected chi connectivity index (χ0v) is 9.84. The molecule has 1 amide bonds. The molecule has 0 atom stereocenters. The van der Waals surface area contributed by atoms with Gasteiger partial charge in [-0.15, -0.1) is 0 Å². The summed E-state index contributed by atoms with van der Waals surface area (Å²) >= 11 is 0. The van der Waals surface area contributed by atoms with Crippen molar-refractivity contribution in [3.8, 4) is 17.2 Å². The van der Waals surface area contributed by atoms with Crippen molar-refractivity contribution in [3.05, 3.63) is 18.2 Å². The van der Waals surface area contributed by atoms with Gasteiger partial charge in [0, 0.05) is 18.9 Å². The van der Waals surface area contributed by atoms with E-state index >= 15 is 0 Å². The zero-order valence-electron chi connectivity index (χ0n) is 9.84. The molecule has 1 aromatic rings. The fourth-order valence-electron chi connectivity index (χ4n) is 1.73. The monoisotopic (exact) mass is 262 g/mol. The minimum absolute atomic E-state index is 0.158. The number of fused-ring (bicyclic) bond motifs is 1. The highest BCUT2D eigenvalue weighted by Crippen LogP contribution is 2.35. The van der Waals surface area contributed by atoms with Crippen LogP contribution in [-0.4, -0.2) is 24.4 Å². The number of benzene rings is 1. The van der Waals surface area contributed by atoms with Crippen molar-refractivity contribution in [1.82, 2.24) is 5.43 Å². The SMILES string of the molecule is O=C1CCC(C(=O)Oc2ccc3c(c2)OCO3)=NN1. The molecule has 2 heterocycles. The first-order valence-corrected chi connectivity index (χ1v) is 5.69. The van der Waals surface area contributed by atoms with Crippen LogP contribution in [0.15, 0.2) is 23.3 Å². The highest BCUT2D eigenvalue weighted by atomic mass is 16.7. The van der Waals surface area contributed by atoms with E-state index in [0.29, 0.717) is 17.2 Å². The van der Waals surface area contributed by atoms with E-state index in [2.05, 4.69) is 10.5 Å². The Bertz CT molecular complexity index is 581. The highest BCUT2D eigenvalue weighted by molar-refractivity contribution is 6.37. The number of amides is 1. The van der Waals surface area contributed by atoms with Crippen molar-refractivity contribution in [2.24, 2.45) is 5.10 Å². The Morgan fingerprint density at radius 2 is 2.11 bits per heavy atom. The van der Waals surface area contributed by atoms with Gasteiger partial charge in [-0.1, -0.05) is 0 Å². The second kappa shape index (κ2) is 4.60. The lowest BCUT2D eigenvalue weighted by Gasteiger charge is -2.11. The van der Waals surface area contributed by atoms with Gasteiger partial charge in [-0.25, -0.2) is 10.2 Å². The number of carbonyl (C=O) groups excluding carboxylic acids is 2. The van der Waals surface area contributed by atoms with Crippen LogP contribution >= 0.6 is 0 Å². The summed E-state index contributed by atoms with van der Waals surface area (Å²) in [5, 5.41) is 3.67. The molecule has 0 aromatic heterocycles. The topological polar surface area (TPSA) is 86.2 Å². The quantitative estimate of drug-likeness (QED) is 0.622. The Hall–Kier alpha value is -2.57. The van der Waals surface area contributed by atoms with Gasteiger partial charge in [0.25, 0.3) is 0 Å². The minimum atomic E-state index is -0.584. The molecule has 0 bridgehead atoms. The van der Waals surface area contributed by atoms with Gasteiger partial charge in [-0.05, 0) is 12.1 Å². The molecule has 0 radical (unpaired) electrons. The summed E-state index contributed by atoms with van der Waals surface area (Å²) in [6, 6.07) is 4.84. The first-order chi connectivity index (χ1) is 9.22. The third-order valence-electron chi connectivity index (χ3n) is 2.69. The Labute approximate surface area is 108 Å². The van der Waals surface area contributed by atoms with Crippen LogP contribution in [-0.2, 0) is 9.59 Å². The van der Waals surface area contributed by atoms with Crippen LogP contribution < -0.4 is 19.6 Å². The number of nitrogens with zero attached hydrogens (tertiary/aromatic N) is 1. The van der Waals surface area contributed by atoms with E-state index in [1.165, 1.54) is 0 Å². The van der Waals surface area contributed by atoms with Crippen molar-refractivity contribution in [2.45, 2.75) is 12.8 Å². The molecule has 7 heteroatoms. The van der Waals surface area contributed by atoms with Crippen LogP contribution in [0.1, 0.15) is 12.8 Å². The second-order valence-electron chi connectivity index (χ2n) is 4.00. The number of esters is 1. The van der Waals surface area contributed by atoms with Crippen molar-refractivity contribution >= 4 is 17.6 Å². The fourth-order valence-corrected chi connectivity index (χ4v) is 1.73. The van der Waals surface area contributed by atoms with Gasteiger partial charge in [0.15, 0.2) is 11.5 Å². The third-order valence-corrected chi connectivity index (χ3v) is 2.69. The largest absolute Gasteiger partial charge is 0.454 e. The van der Waals surface area contributed by atoms with Gasteiger partial charge < -0.3 is 14.2 Å². The highest BCUT2D eigenvalue weighted by Gasteiger charge is 2.21. The summed E-state index contributed by atoms with van der Waals surface area (Å²) in [4.78, 5) is 22.7. The van der Waals surface area contributed by atoms with Crippen molar-refractivity contribution in [3.63, 3.8) is 0 Å². The summed E-state index contributed by atoms with van der Waals surface area (Å²) in [5.74, 6) is 0.693. The van der Waals surface area contributed by atoms with E-state index in [1.54, 1.807) is 18.2 Å². The Balaban J connectivity index is 1.71. The smallest absolute Gasteiger partial charge is 0.359 e. The first kappa shape index (κ1) is 11.5. The van der Waals surface area contributed by atoms with E-state index in [1.807, 2.05) is 0 Å². The molecule has 0 saturated carbocycles. The molecule has 1 N–H and O–H groups in total. The van der Waals surface area contributed by atoms with Crippen LogP contribution in [0.2, 0.25) is 0 Å². The average Bonchev–Trinajstić information content (AvgIpc) is 2.87. The summed E-state index contributed by atoms with van der Waals surface area (Å²) < 4.78 is 15.5. The number of rotatable bonds is 2. The maximum absolute atomic E-state index is 11.8. The molecule has 0 unspecified atom stereocenters. The first-order valence-electron chi connectivity index (χ1n) is 5.69. The fraction of sp³-hybridized carbons (Fsp3) is 0.250. The minimum Gasteiger partial charge on any atom is -0.454 e. The molecular formula is C12H10N2O5. The number of nitrogens with one attached hydrogen (secondary N) is 1. The molecular weight excluding hydrogens is 252 g/mol. The van der Waals surface area contributed by atoms with Gasteiger partial charge >= 0.3 is 5.97 Å². The van der Waals surface area contributed by atoms with Crippen molar-refractivity contribution in [2.75, 3.05) is 6.79 Å². The predicted molar refractivity (Wildman–Crippen MR) is 63.0 cm³/mol. The van der Waals surface area contributed by atoms with Crippen LogP contribution in [0.3, 0.4) is 0 Å². The van der Waals surface area contributed by atoms with E-state index in [0.717, 1.165) is 0 Å². The molecule has 0 saturated heterocycles. The molecule has 98 valence electrons. The standard InChI is InChI=1S/C12H10N2O5/c15-11-4-2-8(13-14-11)12(16)19-7-1-3-9-10(5-7)18-6-17-9/h1,3,5H,2,4,6H2,(H,14,15). The number of hydrogen-bond donors (Lipinski definition) is 1. The number of hydrazone groups is 1. The number of ether oxygens (including phenoxy) is 3. The molecule has 2 aliphatic heterocycles. The van der Waals surface area contributed by atoms with Crippen molar-refractivity contribution in [1.29, 1.82) is 0 Å². The Morgan fingerprint density at radius 3 is 2.89 bits per heavy atom. The zero-order chi connectivity index (χ0) is 13.2. The summed E-state index contributed by atoms with van der Waals surface area (Å²) in [6.45, 7) is 0.158. The van der Waals surface area contributed by atoms with Crippen LogP contribution in [0, 0.1) is 0 Å². The molecule has 0 spiro atoms.